The van der Waals surface area contributed by atoms with Crippen molar-refractivity contribution >= 4 is 34.1 Å². The van der Waals surface area contributed by atoms with Gasteiger partial charge in [-0.15, -0.1) is 11.8 Å². The molecule has 0 aromatic heterocycles. The largest absolute Gasteiger partial charge is 0.507 e. The van der Waals surface area contributed by atoms with Crippen LogP contribution in [0.1, 0.15) is 12.5 Å². The minimum absolute atomic E-state index is 0.116. The summed E-state index contributed by atoms with van der Waals surface area (Å²) >= 11 is 1.60. The molecule has 1 amide bonds. The lowest BCUT2D eigenvalue weighted by Gasteiger charge is -2.13. The van der Waals surface area contributed by atoms with E-state index < -0.39 is 0 Å². The molecule has 4 heteroatoms. The zero-order valence-corrected chi connectivity index (χ0v) is 11.4. The molecule has 18 heavy (non-hydrogen) atoms. The second-order valence-corrected chi connectivity index (χ2v) is 5.00. The predicted molar refractivity (Wildman–Crippen MR) is 76.4 cm³/mol. The molecule has 2 N–H and O–H groups in total. The molecule has 0 aliphatic carbocycles. The summed E-state index contributed by atoms with van der Waals surface area (Å²) in [5.74, 6) is 0.157. The van der Waals surface area contributed by atoms with Crippen LogP contribution in [0.4, 0.5) is 5.69 Å². The number of nitrogens with one attached hydrogen (secondary N) is 1. The van der Waals surface area contributed by atoms with Crippen molar-refractivity contribution in [3.05, 3.63) is 29.8 Å². The van der Waals surface area contributed by atoms with Crippen molar-refractivity contribution in [3.63, 3.8) is 0 Å². The van der Waals surface area contributed by atoms with Crippen LogP contribution in [0.15, 0.2) is 29.2 Å². The highest BCUT2D eigenvalue weighted by molar-refractivity contribution is 7.98. The molecule has 2 aromatic rings. The maximum Gasteiger partial charge on any atom is 0.221 e. The molecule has 0 spiro atoms. The van der Waals surface area contributed by atoms with Gasteiger partial charge >= 0.3 is 0 Å². The smallest absolute Gasteiger partial charge is 0.221 e. The number of aryl methyl sites for hydroxylation is 1. The molecule has 0 fully saturated rings. The lowest BCUT2D eigenvalue weighted by Crippen LogP contribution is -2.06. The molecular weight excluding hydrogens is 246 g/mol. The van der Waals surface area contributed by atoms with Crippen molar-refractivity contribution in [2.24, 2.45) is 0 Å². The number of amides is 1. The quantitative estimate of drug-likeness (QED) is 0.813. The van der Waals surface area contributed by atoms with Crippen LogP contribution in [0.2, 0.25) is 0 Å². The summed E-state index contributed by atoms with van der Waals surface area (Å²) in [4.78, 5) is 12.3. The molecule has 2 aromatic carbocycles. The first-order valence-electron chi connectivity index (χ1n) is 5.61. The summed E-state index contributed by atoms with van der Waals surface area (Å²) in [6, 6.07) is 7.48. The first-order chi connectivity index (χ1) is 8.54. The van der Waals surface area contributed by atoms with E-state index in [0.717, 1.165) is 26.9 Å². The number of hydrogen-bond donors (Lipinski definition) is 2. The van der Waals surface area contributed by atoms with Crippen LogP contribution in [0.3, 0.4) is 0 Å². The fourth-order valence-electron chi connectivity index (χ4n) is 2.02. The van der Waals surface area contributed by atoms with E-state index in [0.29, 0.717) is 0 Å². The van der Waals surface area contributed by atoms with Gasteiger partial charge in [-0.3, -0.25) is 4.79 Å². The van der Waals surface area contributed by atoms with Crippen LogP contribution in [0.5, 0.6) is 5.75 Å². The van der Waals surface area contributed by atoms with Crippen molar-refractivity contribution in [2.75, 3.05) is 11.6 Å². The number of fused-ring (bicyclic) bond motifs is 1. The van der Waals surface area contributed by atoms with Gasteiger partial charge in [-0.1, -0.05) is 12.1 Å². The van der Waals surface area contributed by atoms with E-state index in [9.17, 15) is 9.90 Å². The molecule has 3 nitrogen and oxygen atoms in total. The summed E-state index contributed by atoms with van der Waals surface area (Å²) in [5, 5.41) is 14.6. The molecular formula is C14H15NO2S. The number of anilines is 1. The maximum atomic E-state index is 11.2. The third-order valence-corrected chi connectivity index (χ3v) is 3.58. The Labute approximate surface area is 110 Å². The number of phenols is 1. The lowest BCUT2D eigenvalue weighted by atomic mass is 10.0. The van der Waals surface area contributed by atoms with E-state index in [1.807, 2.05) is 37.4 Å². The third-order valence-electron chi connectivity index (χ3n) is 2.82. The molecule has 94 valence electrons. The number of aromatic hydroxyl groups is 1. The highest BCUT2D eigenvalue weighted by Gasteiger charge is 2.12. The predicted octanol–water partition coefficient (Wildman–Crippen LogP) is 3.53. The second-order valence-electron chi connectivity index (χ2n) is 4.15. The van der Waals surface area contributed by atoms with Crippen molar-refractivity contribution < 1.29 is 9.90 Å². The molecule has 0 radical (unpaired) electrons. The highest BCUT2D eigenvalue weighted by Crippen LogP contribution is 2.39. The normalized spacial score (nSPS) is 10.6. The Hall–Kier alpha value is -1.68. The minimum Gasteiger partial charge on any atom is -0.507 e. The highest BCUT2D eigenvalue weighted by atomic mass is 32.2. The molecule has 0 atom stereocenters. The Bertz CT molecular complexity index is 623. The molecule has 0 aliphatic rings. The number of benzene rings is 2. The van der Waals surface area contributed by atoms with Gasteiger partial charge in [0.15, 0.2) is 0 Å². The average Bonchev–Trinajstić information content (AvgIpc) is 2.33. The van der Waals surface area contributed by atoms with E-state index >= 15 is 0 Å². The first-order valence-corrected chi connectivity index (χ1v) is 6.84. The van der Waals surface area contributed by atoms with E-state index in [1.54, 1.807) is 11.8 Å². The molecule has 0 saturated carbocycles. The van der Waals surface area contributed by atoms with Gasteiger partial charge in [-0.05, 0) is 30.9 Å². The van der Waals surface area contributed by atoms with E-state index in [4.69, 9.17) is 0 Å². The number of phenolic OH excluding ortho intramolecular Hbond substituents is 1. The first kappa shape index (κ1) is 12.8. The number of hydrogen-bond acceptors (Lipinski definition) is 3. The average molecular weight is 261 g/mol. The molecule has 0 bridgehead atoms. The topological polar surface area (TPSA) is 49.3 Å². The van der Waals surface area contributed by atoms with Crippen molar-refractivity contribution in [3.8, 4) is 5.75 Å². The summed E-state index contributed by atoms with van der Waals surface area (Å²) in [7, 11) is 0. The third kappa shape index (κ3) is 2.16. The van der Waals surface area contributed by atoms with Gasteiger partial charge in [0.25, 0.3) is 0 Å². The Kier molecular flexibility index (Phi) is 3.48. The second kappa shape index (κ2) is 4.90. The molecule has 2 rings (SSSR count). The Morgan fingerprint density at radius 3 is 2.72 bits per heavy atom. The van der Waals surface area contributed by atoms with E-state index in [-0.39, 0.29) is 11.7 Å². The molecule has 0 heterocycles. The van der Waals surface area contributed by atoms with Crippen molar-refractivity contribution in [2.45, 2.75) is 18.7 Å². The fraction of sp³-hybridized carbons (Fsp3) is 0.214. The van der Waals surface area contributed by atoms with Gasteiger partial charge in [-0.2, -0.15) is 0 Å². The van der Waals surface area contributed by atoms with Crippen LogP contribution in [0, 0.1) is 6.92 Å². The molecule has 0 aliphatic heterocycles. The van der Waals surface area contributed by atoms with Crippen LogP contribution < -0.4 is 5.32 Å². The van der Waals surface area contributed by atoms with Crippen LogP contribution in [-0.2, 0) is 4.79 Å². The van der Waals surface area contributed by atoms with Crippen LogP contribution in [0.25, 0.3) is 10.8 Å². The monoisotopic (exact) mass is 261 g/mol. The molecule has 0 unspecified atom stereocenters. The minimum atomic E-state index is -0.116. The van der Waals surface area contributed by atoms with Crippen LogP contribution in [-0.4, -0.2) is 17.3 Å². The van der Waals surface area contributed by atoms with Gasteiger partial charge in [0.1, 0.15) is 5.75 Å². The van der Waals surface area contributed by atoms with Gasteiger partial charge in [0.05, 0.1) is 0 Å². The maximum absolute atomic E-state index is 11.2. The standard InChI is InChI=1S/C14H15NO2S/c1-8-7-12(18-3)13-10(14(8)17)5-4-6-11(13)15-9(2)16/h4-7,17H,1-3H3,(H,15,16). The van der Waals surface area contributed by atoms with Gasteiger partial charge in [-0.25, -0.2) is 0 Å². The zero-order chi connectivity index (χ0) is 13.3. The zero-order valence-electron chi connectivity index (χ0n) is 10.6. The van der Waals surface area contributed by atoms with E-state index in [2.05, 4.69) is 5.32 Å². The Balaban J connectivity index is 2.81. The molecule has 0 saturated heterocycles. The number of carbonyl (C=O) groups is 1. The van der Waals surface area contributed by atoms with Gasteiger partial charge < -0.3 is 10.4 Å². The van der Waals surface area contributed by atoms with E-state index in [1.165, 1.54) is 6.92 Å². The summed E-state index contributed by atoms with van der Waals surface area (Å²) in [6.07, 6.45) is 1.98. The fourth-order valence-corrected chi connectivity index (χ4v) is 2.74. The number of carbonyl (C=O) groups excluding carboxylic acids is 1. The Morgan fingerprint density at radius 1 is 1.39 bits per heavy atom. The Morgan fingerprint density at radius 2 is 2.11 bits per heavy atom. The van der Waals surface area contributed by atoms with Gasteiger partial charge in [0, 0.05) is 28.3 Å². The van der Waals surface area contributed by atoms with Gasteiger partial charge in [0.2, 0.25) is 5.91 Å². The summed E-state index contributed by atoms with van der Waals surface area (Å²) in [6.45, 7) is 3.35. The summed E-state index contributed by atoms with van der Waals surface area (Å²) < 4.78 is 0. The SMILES string of the molecule is CSc1cc(C)c(O)c2cccc(NC(C)=O)c12. The van der Waals surface area contributed by atoms with Crippen LogP contribution >= 0.6 is 11.8 Å². The van der Waals surface area contributed by atoms with Crippen molar-refractivity contribution in [1.29, 1.82) is 0 Å². The number of thioether (sulfide) groups is 1. The summed E-state index contributed by atoms with van der Waals surface area (Å²) in [5.41, 5.74) is 1.58. The van der Waals surface area contributed by atoms with Crippen molar-refractivity contribution in [1.82, 2.24) is 0 Å². The number of rotatable bonds is 2. The lowest BCUT2D eigenvalue weighted by molar-refractivity contribution is -0.114.